The first-order chi connectivity index (χ1) is 15.0. The normalized spacial score (nSPS) is 18.2. The maximum absolute atomic E-state index is 13.1. The van der Waals surface area contributed by atoms with Crippen molar-refractivity contribution in [2.45, 2.75) is 25.3 Å². The number of aromatic nitrogens is 2. The minimum absolute atomic E-state index is 0.327. The summed E-state index contributed by atoms with van der Waals surface area (Å²) in [7, 11) is 0. The summed E-state index contributed by atoms with van der Waals surface area (Å²) in [4.78, 5) is 39.1. The molecule has 1 unspecified atom stereocenters. The largest absolute Gasteiger partial charge is 0.325 e. The summed E-state index contributed by atoms with van der Waals surface area (Å²) in [5, 5.41) is 14.6. The topological polar surface area (TPSA) is 104 Å². The summed E-state index contributed by atoms with van der Waals surface area (Å²) >= 11 is 1.26. The van der Waals surface area contributed by atoms with E-state index in [1.54, 1.807) is 12.1 Å². The van der Waals surface area contributed by atoms with E-state index in [-0.39, 0.29) is 0 Å². The van der Waals surface area contributed by atoms with E-state index in [9.17, 15) is 14.4 Å². The van der Waals surface area contributed by atoms with E-state index in [0.717, 1.165) is 15.5 Å². The van der Waals surface area contributed by atoms with Crippen molar-refractivity contribution in [1.82, 2.24) is 20.4 Å². The molecule has 0 radical (unpaired) electrons. The lowest BCUT2D eigenvalue weighted by atomic mass is 9.87. The Morgan fingerprint density at radius 1 is 1.06 bits per heavy atom. The molecular formula is C22H21N5O3S. The van der Waals surface area contributed by atoms with Gasteiger partial charge < -0.3 is 5.32 Å². The first-order valence-corrected chi connectivity index (χ1v) is 10.7. The Kier molecular flexibility index (Phi) is 5.77. The summed E-state index contributed by atoms with van der Waals surface area (Å²) in [6.45, 7) is 1.43. The van der Waals surface area contributed by atoms with Crippen molar-refractivity contribution in [3.05, 3.63) is 76.8 Å². The zero-order chi connectivity index (χ0) is 21.8. The molecule has 0 saturated carbocycles. The van der Waals surface area contributed by atoms with Gasteiger partial charge in [0.15, 0.2) is 0 Å². The Balaban J connectivity index is 1.42. The fraction of sp³-hybridized carbons (Fsp3) is 0.227. The number of anilines is 1. The Hall–Kier alpha value is -3.59. The minimum Gasteiger partial charge on any atom is -0.319 e. The van der Waals surface area contributed by atoms with Crippen LogP contribution >= 0.6 is 11.3 Å². The maximum Gasteiger partial charge on any atom is 0.325 e. The number of benzene rings is 2. The highest BCUT2D eigenvalue weighted by Gasteiger charge is 2.51. The third-order valence-corrected chi connectivity index (χ3v) is 6.02. The van der Waals surface area contributed by atoms with Crippen molar-refractivity contribution >= 4 is 34.3 Å². The van der Waals surface area contributed by atoms with E-state index in [0.29, 0.717) is 23.5 Å². The number of nitrogens with zero attached hydrogens (tertiary/aromatic N) is 3. The van der Waals surface area contributed by atoms with E-state index < -0.39 is 29.9 Å². The van der Waals surface area contributed by atoms with Gasteiger partial charge in [-0.25, -0.2) is 4.79 Å². The summed E-state index contributed by atoms with van der Waals surface area (Å²) in [6, 6.07) is 18.3. The quantitative estimate of drug-likeness (QED) is 0.555. The van der Waals surface area contributed by atoms with Crippen LogP contribution < -0.4 is 10.6 Å². The second-order valence-electron chi connectivity index (χ2n) is 7.16. The monoisotopic (exact) mass is 435 g/mol. The van der Waals surface area contributed by atoms with Crippen molar-refractivity contribution in [2.75, 3.05) is 11.9 Å². The number of carbonyl (C=O) groups excluding carboxylic acids is 3. The van der Waals surface area contributed by atoms with Crippen molar-refractivity contribution in [1.29, 1.82) is 0 Å². The Morgan fingerprint density at radius 2 is 1.74 bits per heavy atom. The number of carbonyl (C=O) groups is 3. The van der Waals surface area contributed by atoms with Crippen molar-refractivity contribution < 1.29 is 14.4 Å². The molecule has 1 fully saturated rings. The summed E-state index contributed by atoms with van der Waals surface area (Å²) in [6.07, 6.45) is 0.983. The van der Waals surface area contributed by atoms with Gasteiger partial charge in [0.1, 0.15) is 17.1 Å². The molecule has 1 atom stereocenters. The molecule has 9 heteroatoms. The zero-order valence-corrected chi connectivity index (χ0v) is 17.7. The number of amides is 4. The summed E-state index contributed by atoms with van der Waals surface area (Å²) in [5.74, 6) is -0.950. The molecule has 1 aliphatic rings. The lowest BCUT2D eigenvalue weighted by molar-refractivity contribution is -0.134. The van der Waals surface area contributed by atoms with E-state index in [4.69, 9.17) is 0 Å². The molecular weight excluding hydrogens is 414 g/mol. The van der Waals surface area contributed by atoms with Crippen LogP contribution in [-0.4, -0.2) is 39.5 Å². The van der Waals surface area contributed by atoms with E-state index in [1.807, 2.05) is 55.5 Å². The van der Waals surface area contributed by atoms with Gasteiger partial charge in [-0.05, 0) is 17.5 Å². The molecule has 1 saturated heterocycles. The van der Waals surface area contributed by atoms with Gasteiger partial charge in [-0.1, -0.05) is 78.9 Å². The van der Waals surface area contributed by atoms with Gasteiger partial charge in [0.2, 0.25) is 11.0 Å². The predicted octanol–water partition coefficient (Wildman–Crippen LogP) is 2.92. The van der Waals surface area contributed by atoms with E-state index >= 15 is 0 Å². The SMILES string of the molecule is CCC1(c2ccccc2)NC(=O)N(CC(=O)Nc2nnc(Cc3ccccc3)s2)C1=O. The van der Waals surface area contributed by atoms with Crippen LogP contribution in [0.5, 0.6) is 0 Å². The average Bonchev–Trinajstić information content (AvgIpc) is 3.32. The molecule has 2 aromatic carbocycles. The fourth-order valence-electron chi connectivity index (χ4n) is 3.58. The van der Waals surface area contributed by atoms with Crippen molar-refractivity contribution in [3.63, 3.8) is 0 Å². The van der Waals surface area contributed by atoms with Crippen LogP contribution in [0.4, 0.5) is 9.93 Å². The predicted molar refractivity (Wildman–Crippen MR) is 116 cm³/mol. The van der Waals surface area contributed by atoms with Gasteiger partial charge in [0.05, 0.1) is 0 Å². The lowest BCUT2D eigenvalue weighted by Gasteiger charge is -2.25. The molecule has 2 heterocycles. The number of hydrogen-bond acceptors (Lipinski definition) is 6. The van der Waals surface area contributed by atoms with Gasteiger partial charge in [0, 0.05) is 6.42 Å². The second kappa shape index (κ2) is 8.65. The average molecular weight is 436 g/mol. The van der Waals surface area contributed by atoms with Crippen molar-refractivity contribution in [3.8, 4) is 0 Å². The molecule has 31 heavy (non-hydrogen) atoms. The molecule has 0 bridgehead atoms. The summed E-state index contributed by atoms with van der Waals surface area (Å²) in [5.41, 5.74) is 0.616. The molecule has 2 N–H and O–H groups in total. The first-order valence-electron chi connectivity index (χ1n) is 9.87. The van der Waals surface area contributed by atoms with Crippen LogP contribution in [0.1, 0.15) is 29.5 Å². The lowest BCUT2D eigenvalue weighted by Crippen LogP contribution is -2.44. The van der Waals surface area contributed by atoms with Gasteiger partial charge in [-0.3, -0.25) is 19.8 Å². The highest BCUT2D eigenvalue weighted by molar-refractivity contribution is 7.15. The van der Waals surface area contributed by atoms with Crippen LogP contribution in [-0.2, 0) is 21.5 Å². The number of urea groups is 1. The maximum atomic E-state index is 13.1. The molecule has 4 amide bonds. The Morgan fingerprint density at radius 3 is 2.42 bits per heavy atom. The van der Waals surface area contributed by atoms with E-state index in [2.05, 4.69) is 20.8 Å². The van der Waals surface area contributed by atoms with Crippen LogP contribution in [0.3, 0.4) is 0 Å². The highest BCUT2D eigenvalue weighted by atomic mass is 32.1. The molecule has 8 nitrogen and oxygen atoms in total. The Bertz CT molecular complexity index is 1100. The minimum atomic E-state index is -1.16. The third-order valence-electron chi connectivity index (χ3n) is 5.19. The van der Waals surface area contributed by atoms with Crippen LogP contribution in [0.15, 0.2) is 60.7 Å². The smallest absolute Gasteiger partial charge is 0.319 e. The van der Waals surface area contributed by atoms with Crippen LogP contribution in [0.2, 0.25) is 0 Å². The number of imide groups is 1. The molecule has 3 aromatic rings. The second-order valence-corrected chi connectivity index (χ2v) is 8.22. The first kappa shape index (κ1) is 20.7. The molecule has 1 aliphatic heterocycles. The third kappa shape index (κ3) is 4.17. The molecule has 0 spiro atoms. The molecule has 158 valence electrons. The molecule has 1 aromatic heterocycles. The van der Waals surface area contributed by atoms with Gasteiger partial charge in [-0.15, -0.1) is 10.2 Å². The standard InChI is InChI=1S/C22H21N5O3S/c1-2-22(16-11-7-4-8-12-16)19(29)27(21(30)24-22)14-17(28)23-20-26-25-18(31-20)13-15-9-5-3-6-10-15/h3-12H,2,13-14H2,1H3,(H,24,30)(H,23,26,28). The van der Waals surface area contributed by atoms with Gasteiger partial charge in [-0.2, -0.15) is 0 Å². The Labute approximate surface area is 183 Å². The van der Waals surface area contributed by atoms with Crippen LogP contribution in [0.25, 0.3) is 0 Å². The molecule has 0 aliphatic carbocycles. The number of rotatable bonds is 7. The van der Waals surface area contributed by atoms with E-state index in [1.165, 1.54) is 11.3 Å². The number of hydrogen-bond donors (Lipinski definition) is 2. The summed E-state index contributed by atoms with van der Waals surface area (Å²) < 4.78 is 0. The fourth-order valence-corrected chi connectivity index (χ4v) is 4.37. The van der Waals surface area contributed by atoms with Crippen molar-refractivity contribution in [2.24, 2.45) is 0 Å². The van der Waals surface area contributed by atoms with Gasteiger partial charge in [0.25, 0.3) is 5.91 Å². The zero-order valence-electron chi connectivity index (χ0n) is 16.9. The molecule has 4 rings (SSSR count). The highest BCUT2D eigenvalue weighted by Crippen LogP contribution is 2.32. The van der Waals surface area contributed by atoms with Crippen LogP contribution in [0, 0.1) is 0 Å². The number of nitrogens with one attached hydrogen (secondary N) is 2. The van der Waals surface area contributed by atoms with Gasteiger partial charge >= 0.3 is 6.03 Å².